The smallest absolute Gasteiger partial charge is 0.242 e. The largest absolute Gasteiger partial charge is 0.384 e. The number of benzene rings is 1. The number of amides is 2. The highest BCUT2D eigenvalue weighted by atomic mass is 35.5. The van der Waals surface area contributed by atoms with Gasteiger partial charge in [-0.15, -0.1) is 24.8 Å². The Labute approximate surface area is 191 Å². The lowest BCUT2D eigenvalue weighted by Crippen LogP contribution is -2.54. The molecule has 0 atom stereocenters. The predicted molar refractivity (Wildman–Crippen MR) is 122 cm³/mol. The van der Waals surface area contributed by atoms with E-state index in [9.17, 15) is 9.59 Å². The van der Waals surface area contributed by atoms with Crippen molar-refractivity contribution in [1.82, 2.24) is 20.4 Å². The van der Waals surface area contributed by atoms with Crippen molar-refractivity contribution in [2.45, 2.75) is 19.4 Å². The first-order valence-electron chi connectivity index (χ1n) is 10.1. The van der Waals surface area contributed by atoms with E-state index in [4.69, 9.17) is 4.74 Å². The van der Waals surface area contributed by atoms with E-state index in [0.29, 0.717) is 19.7 Å². The van der Waals surface area contributed by atoms with Crippen LogP contribution in [0.4, 0.5) is 0 Å². The summed E-state index contributed by atoms with van der Waals surface area (Å²) in [5.74, 6) is -0.0684. The van der Waals surface area contributed by atoms with Crippen molar-refractivity contribution in [3.05, 3.63) is 35.9 Å². The van der Waals surface area contributed by atoms with Gasteiger partial charge in [-0.25, -0.2) is 0 Å². The van der Waals surface area contributed by atoms with Crippen molar-refractivity contribution in [3.8, 4) is 0 Å². The van der Waals surface area contributed by atoms with Gasteiger partial charge in [0.2, 0.25) is 11.8 Å². The third-order valence-electron chi connectivity index (χ3n) is 5.84. The number of halogens is 2. The summed E-state index contributed by atoms with van der Waals surface area (Å²) in [6.07, 6.45) is 1.47. The van der Waals surface area contributed by atoms with E-state index in [1.165, 1.54) is 5.56 Å². The maximum atomic E-state index is 12.8. The summed E-state index contributed by atoms with van der Waals surface area (Å²) in [6, 6.07) is 10.4. The summed E-state index contributed by atoms with van der Waals surface area (Å²) in [4.78, 5) is 29.5. The van der Waals surface area contributed by atoms with E-state index < -0.39 is 5.41 Å². The lowest BCUT2D eigenvalue weighted by molar-refractivity contribution is -0.140. The SMILES string of the molecule is COCC1(C(=O)NCC(=O)N2CCN(Cc3ccccc3)CC2)CCNCC1.Cl.Cl. The minimum absolute atomic E-state index is 0. The zero-order valence-electron chi connectivity index (χ0n) is 17.6. The average molecular weight is 461 g/mol. The lowest BCUT2D eigenvalue weighted by atomic mass is 9.78. The average Bonchev–Trinajstić information content (AvgIpc) is 2.74. The molecule has 170 valence electrons. The Morgan fingerprint density at radius 1 is 1.07 bits per heavy atom. The molecular formula is C21H34Cl2N4O3. The molecule has 2 heterocycles. The molecule has 2 N–H and O–H groups in total. The Balaban J connectivity index is 0.00000225. The van der Waals surface area contributed by atoms with Crippen LogP contribution in [0.1, 0.15) is 18.4 Å². The number of hydrogen-bond acceptors (Lipinski definition) is 5. The van der Waals surface area contributed by atoms with Crippen molar-refractivity contribution >= 4 is 36.6 Å². The van der Waals surface area contributed by atoms with Crippen molar-refractivity contribution in [1.29, 1.82) is 0 Å². The Morgan fingerprint density at radius 3 is 2.30 bits per heavy atom. The molecule has 1 aromatic rings. The second-order valence-electron chi connectivity index (χ2n) is 7.79. The minimum Gasteiger partial charge on any atom is -0.384 e. The third-order valence-corrected chi connectivity index (χ3v) is 5.84. The number of piperazine rings is 1. The van der Waals surface area contributed by atoms with Crippen LogP contribution in [0, 0.1) is 5.41 Å². The highest BCUT2D eigenvalue weighted by Crippen LogP contribution is 2.29. The monoisotopic (exact) mass is 460 g/mol. The number of nitrogens with one attached hydrogen (secondary N) is 2. The fourth-order valence-corrected chi connectivity index (χ4v) is 4.07. The van der Waals surface area contributed by atoms with Gasteiger partial charge in [0, 0.05) is 39.8 Å². The number of rotatable bonds is 7. The number of carbonyl (C=O) groups excluding carboxylic acids is 2. The predicted octanol–water partition coefficient (Wildman–Crippen LogP) is 1.31. The number of hydrogen-bond donors (Lipinski definition) is 2. The first-order valence-corrected chi connectivity index (χ1v) is 10.1. The van der Waals surface area contributed by atoms with Gasteiger partial charge in [-0.2, -0.15) is 0 Å². The van der Waals surface area contributed by atoms with Crippen LogP contribution in [0.2, 0.25) is 0 Å². The van der Waals surface area contributed by atoms with Crippen LogP contribution in [0.3, 0.4) is 0 Å². The summed E-state index contributed by atoms with van der Waals surface area (Å²) >= 11 is 0. The van der Waals surface area contributed by atoms with Gasteiger partial charge in [0.1, 0.15) is 0 Å². The van der Waals surface area contributed by atoms with Crippen molar-refractivity contribution < 1.29 is 14.3 Å². The molecule has 2 aliphatic heterocycles. The van der Waals surface area contributed by atoms with Gasteiger partial charge in [0.25, 0.3) is 0 Å². The maximum absolute atomic E-state index is 12.8. The number of nitrogens with zero attached hydrogens (tertiary/aromatic N) is 2. The van der Waals surface area contributed by atoms with Crippen molar-refractivity contribution in [3.63, 3.8) is 0 Å². The Hall–Kier alpha value is -1.38. The normalized spacial score (nSPS) is 18.6. The molecule has 30 heavy (non-hydrogen) atoms. The molecule has 9 heteroatoms. The van der Waals surface area contributed by atoms with Gasteiger partial charge < -0.3 is 20.3 Å². The van der Waals surface area contributed by atoms with Crippen LogP contribution < -0.4 is 10.6 Å². The molecule has 2 fully saturated rings. The summed E-state index contributed by atoms with van der Waals surface area (Å²) in [5.41, 5.74) is 0.772. The van der Waals surface area contributed by atoms with Gasteiger partial charge in [-0.05, 0) is 31.5 Å². The molecule has 0 radical (unpaired) electrons. The van der Waals surface area contributed by atoms with E-state index in [1.807, 2.05) is 11.0 Å². The van der Waals surface area contributed by atoms with Gasteiger partial charge in [0.05, 0.1) is 18.6 Å². The van der Waals surface area contributed by atoms with Crippen LogP contribution in [-0.4, -0.2) is 81.1 Å². The highest BCUT2D eigenvalue weighted by Gasteiger charge is 2.39. The Morgan fingerprint density at radius 2 is 1.70 bits per heavy atom. The quantitative estimate of drug-likeness (QED) is 0.641. The van der Waals surface area contributed by atoms with Crippen LogP contribution in [-0.2, 0) is 20.9 Å². The fraction of sp³-hybridized carbons (Fsp3) is 0.619. The molecule has 0 aromatic heterocycles. The second-order valence-corrected chi connectivity index (χ2v) is 7.79. The maximum Gasteiger partial charge on any atom is 0.242 e. The van der Waals surface area contributed by atoms with E-state index in [1.54, 1.807) is 7.11 Å². The third kappa shape index (κ3) is 7.10. The number of piperidine rings is 1. The Bertz CT molecular complexity index is 643. The van der Waals surface area contributed by atoms with E-state index in [0.717, 1.165) is 45.6 Å². The van der Waals surface area contributed by atoms with Gasteiger partial charge in [0.15, 0.2) is 0 Å². The van der Waals surface area contributed by atoms with Crippen LogP contribution >= 0.6 is 24.8 Å². The Kier molecular flexibility index (Phi) is 11.7. The van der Waals surface area contributed by atoms with E-state index in [2.05, 4.69) is 39.8 Å². The molecule has 2 saturated heterocycles. The molecule has 1 aromatic carbocycles. The first kappa shape index (κ1) is 26.7. The topological polar surface area (TPSA) is 73.9 Å². The zero-order valence-corrected chi connectivity index (χ0v) is 19.2. The van der Waals surface area contributed by atoms with Crippen LogP contribution in [0.25, 0.3) is 0 Å². The van der Waals surface area contributed by atoms with E-state index >= 15 is 0 Å². The molecule has 2 aliphatic rings. The number of carbonyl (C=O) groups is 2. The summed E-state index contributed by atoms with van der Waals surface area (Å²) in [5, 5.41) is 6.15. The summed E-state index contributed by atoms with van der Waals surface area (Å²) in [7, 11) is 1.62. The molecule has 3 rings (SSSR count). The van der Waals surface area contributed by atoms with Crippen molar-refractivity contribution in [2.24, 2.45) is 5.41 Å². The fourth-order valence-electron chi connectivity index (χ4n) is 4.07. The molecule has 0 bridgehead atoms. The van der Waals surface area contributed by atoms with Crippen molar-refractivity contribution in [2.75, 3.05) is 59.5 Å². The highest BCUT2D eigenvalue weighted by molar-refractivity contribution is 5.88. The molecule has 0 aliphatic carbocycles. The van der Waals surface area contributed by atoms with Gasteiger partial charge in [-0.3, -0.25) is 14.5 Å². The molecule has 0 saturated carbocycles. The second kappa shape index (κ2) is 13.1. The molecule has 7 nitrogen and oxygen atoms in total. The van der Waals surface area contributed by atoms with Gasteiger partial charge in [-0.1, -0.05) is 30.3 Å². The number of ether oxygens (including phenoxy) is 1. The van der Waals surface area contributed by atoms with E-state index in [-0.39, 0.29) is 43.2 Å². The molecule has 2 amide bonds. The summed E-state index contributed by atoms with van der Waals surface area (Å²) < 4.78 is 5.30. The van der Waals surface area contributed by atoms with Crippen LogP contribution in [0.15, 0.2) is 30.3 Å². The number of methoxy groups -OCH3 is 1. The minimum atomic E-state index is -0.519. The van der Waals surface area contributed by atoms with Crippen LogP contribution in [0.5, 0.6) is 0 Å². The first-order chi connectivity index (χ1) is 13.6. The molecule has 0 unspecified atom stereocenters. The van der Waals surface area contributed by atoms with Gasteiger partial charge >= 0.3 is 0 Å². The molecule has 0 spiro atoms. The zero-order chi connectivity index (χ0) is 19.8. The standard InChI is InChI=1S/C21H32N4O3.2ClH/c1-28-17-21(7-9-22-10-8-21)20(27)23-15-19(26)25-13-11-24(12-14-25)16-18-5-3-2-4-6-18;;/h2-6,22H,7-17H2,1H3,(H,23,27);2*1H. The molecular weight excluding hydrogens is 427 g/mol. The lowest BCUT2D eigenvalue weighted by Gasteiger charge is -2.36. The summed E-state index contributed by atoms with van der Waals surface area (Å²) in [6.45, 7) is 6.09.